The zero-order valence-electron chi connectivity index (χ0n) is 13.0. The number of aromatic nitrogens is 2. The summed E-state index contributed by atoms with van der Waals surface area (Å²) in [7, 11) is 0. The minimum absolute atomic E-state index is 0.133. The molecule has 3 rings (SSSR count). The number of imidazole rings is 1. The zero-order valence-corrected chi connectivity index (χ0v) is 13.0. The number of H-pyrrole nitrogens is 1. The number of carbonyl (C=O) groups excluding carboxylic acids is 1. The molecule has 0 aromatic carbocycles. The molecule has 2 fully saturated rings. The van der Waals surface area contributed by atoms with Gasteiger partial charge in [0.15, 0.2) is 0 Å². The Labute approximate surface area is 126 Å². The van der Waals surface area contributed by atoms with Crippen LogP contribution in [0.4, 0.5) is 0 Å². The third-order valence-electron chi connectivity index (χ3n) is 4.76. The van der Waals surface area contributed by atoms with Gasteiger partial charge in [0.2, 0.25) is 5.91 Å². The Morgan fingerprint density at radius 3 is 2.76 bits per heavy atom. The van der Waals surface area contributed by atoms with Crippen LogP contribution in [-0.4, -0.2) is 46.1 Å². The summed E-state index contributed by atoms with van der Waals surface area (Å²) in [6, 6.07) is 0. The van der Waals surface area contributed by atoms with Gasteiger partial charge in [-0.2, -0.15) is 0 Å². The molecule has 1 aromatic heterocycles. The number of rotatable bonds is 2. The SMILES string of the molecule is CC1(C)CC(C(=O)N2CCC(c3ncc[nH]3)CC2)CCO1. The second kappa shape index (κ2) is 5.79. The number of piperidine rings is 1. The van der Waals surface area contributed by atoms with Crippen LogP contribution < -0.4 is 0 Å². The van der Waals surface area contributed by atoms with Crippen LogP contribution in [0.1, 0.15) is 51.3 Å². The van der Waals surface area contributed by atoms with Crippen LogP contribution in [0, 0.1) is 5.92 Å². The van der Waals surface area contributed by atoms with Crippen LogP contribution >= 0.6 is 0 Å². The van der Waals surface area contributed by atoms with Crippen LogP contribution in [0.2, 0.25) is 0 Å². The lowest BCUT2D eigenvalue weighted by molar-refractivity contribution is -0.146. The fraction of sp³-hybridized carbons (Fsp3) is 0.750. The molecule has 116 valence electrons. The summed E-state index contributed by atoms with van der Waals surface area (Å²) in [4.78, 5) is 22.3. The fourth-order valence-corrected chi connectivity index (χ4v) is 3.57. The summed E-state index contributed by atoms with van der Waals surface area (Å²) < 4.78 is 5.72. The first-order valence-electron chi connectivity index (χ1n) is 7.97. The van der Waals surface area contributed by atoms with Crippen molar-refractivity contribution in [3.05, 3.63) is 18.2 Å². The van der Waals surface area contributed by atoms with Gasteiger partial charge in [-0.25, -0.2) is 4.98 Å². The Hall–Kier alpha value is -1.36. The van der Waals surface area contributed by atoms with Gasteiger partial charge in [0.25, 0.3) is 0 Å². The first-order valence-corrected chi connectivity index (χ1v) is 7.97. The van der Waals surface area contributed by atoms with Crippen molar-refractivity contribution in [2.75, 3.05) is 19.7 Å². The number of amides is 1. The predicted octanol–water partition coefficient (Wildman–Crippen LogP) is 2.32. The highest BCUT2D eigenvalue weighted by Gasteiger charge is 2.36. The minimum Gasteiger partial charge on any atom is -0.376 e. The zero-order chi connectivity index (χ0) is 14.9. The lowest BCUT2D eigenvalue weighted by Gasteiger charge is -2.39. The molecule has 5 nitrogen and oxygen atoms in total. The van der Waals surface area contributed by atoms with Crippen molar-refractivity contribution in [2.45, 2.75) is 51.0 Å². The predicted molar refractivity (Wildman–Crippen MR) is 79.9 cm³/mol. The highest BCUT2D eigenvalue weighted by molar-refractivity contribution is 5.79. The second-order valence-electron chi connectivity index (χ2n) is 6.87. The van der Waals surface area contributed by atoms with E-state index in [4.69, 9.17) is 4.74 Å². The van der Waals surface area contributed by atoms with Gasteiger partial charge in [0.1, 0.15) is 5.82 Å². The van der Waals surface area contributed by atoms with E-state index in [9.17, 15) is 4.79 Å². The first-order chi connectivity index (χ1) is 10.1. The molecule has 2 saturated heterocycles. The largest absolute Gasteiger partial charge is 0.376 e. The smallest absolute Gasteiger partial charge is 0.225 e. The summed E-state index contributed by atoms with van der Waals surface area (Å²) in [5.74, 6) is 1.99. The maximum atomic E-state index is 12.7. The highest BCUT2D eigenvalue weighted by atomic mass is 16.5. The number of hydrogen-bond acceptors (Lipinski definition) is 3. The van der Waals surface area contributed by atoms with Crippen LogP contribution in [0.5, 0.6) is 0 Å². The van der Waals surface area contributed by atoms with E-state index in [-0.39, 0.29) is 11.5 Å². The van der Waals surface area contributed by atoms with Crippen molar-refractivity contribution in [3.8, 4) is 0 Å². The molecule has 1 atom stereocenters. The van der Waals surface area contributed by atoms with Gasteiger partial charge in [-0.1, -0.05) is 0 Å². The fourth-order valence-electron chi connectivity index (χ4n) is 3.57. The van der Waals surface area contributed by atoms with E-state index in [0.29, 0.717) is 18.4 Å². The lowest BCUT2D eigenvalue weighted by Crippen LogP contribution is -2.46. The normalized spacial score (nSPS) is 26.8. The number of carbonyl (C=O) groups is 1. The molecular formula is C16H25N3O2. The van der Waals surface area contributed by atoms with Crippen LogP contribution in [0.25, 0.3) is 0 Å². The van der Waals surface area contributed by atoms with E-state index in [2.05, 4.69) is 23.8 Å². The van der Waals surface area contributed by atoms with E-state index in [1.54, 1.807) is 6.20 Å². The average molecular weight is 291 g/mol. The standard InChI is InChI=1S/C16H25N3O2/c1-16(2)11-13(5-10-21-16)15(20)19-8-3-12(4-9-19)14-17-6-7-18-14/h6-7,12-13H,3-5,8-11H2,1-2H3,(H,17,18). The molecule has 0 radical (unpaired) electrons. The van der Waals surface area contributed by atoms with Crippen molar-refractivity contribution in [3.63, 3.8) is 0 Å². The topological polar surface area (TPSA) is 58.2 Å². The summed E-state index contributed by atoms with van der Waals surface area (Å²) in [5, 5.41) is 0. The molecule has 1 aromatic rings. The number of nitrogens with zero attached hydrogens (tertiary/aromatic N) is 2. The number of ether oxygens (including phenoxy) is 1. The number of likely N-dealkylation sites (tertiary alicyclic amines) is 1. The maximum absolute atomic E-state index is 12.7. The Kier molecular flexibility index (Phi) is 4.02. The molecule has 2 aliphatic heterocycles. The van der Waals surface area contributed by atoms with Gasteiger partial charge in [0, 0.05) is 43.9 Å². The third kappa shape index (κ3) is 3.28. The molecule has 2 aliphatic rings. The molecule has 5 heteroatoms. The third-order valence-corrected chi connectivity index (χ3v) is 4.76. The van der Waals surface area contributed by atoms with Gasteiger partial charge in [-0.05, 0) is 39.5 Å². The average Bonchev–Trinajstić information content (AvgIpc) is 3.00. The summed E-state index contributed by atoms with van der Waals surface area (Å²) in [5.41, 5.74) is -0.162. The molecule has 21 heavy (non-hydrogen) atoms. The van der Waals surface area contributed by atoms with E-state index in [1.165, 1.54) is 0 Å². The molecule has 1 unspecified atom stereocenters. The van der Waals surface area contributed by atoms with Gasteiger partial charge in [-0.15, -0.1) is 0 Å². The molecule has 0 saturated carbocycles. The van der Waals surface area contributed by atoms with Crippen molar-refractivity contribution >= 4 is 5.91 Å². The van der Waals surface area contributed by atoms with Gasteiger partial charge in [0.05, 0.1) is 5.60 Å². The quantitative estimate of drug-likeness (QED) is 0.909. The van der Waals surface area contributed by atoms with Crippen LogP contribution in [-0.2, 0) is 9.53 Å². The lowest BCUT2D eigenvalue weighted by atomic mass is 9.86. The number of hydrogen-bond donors (Lipinski definition) is 1. The number of nitrogens with one attached hydrogen (secondary N) is 1. The van der Waals surface area contributed by atoms with Crippen molar-refractivity contribution < 1.29 is 9.53 Å². The Balaban J connectivity index is 1.55. The van der Waals surface area contributed by atoms with Crippen molar-refractivity contribution in [1.82, 2.24) is 14.9 Å². The minimum atomic E-state index is -0.162. The van der Waals surface area contributed by atoms with Gasteiger partial charge >= 0.3 is 0 Å². The van der Waals surface area contributed by atoms with Crippen LogP contribution in [0.3, 0.4) is 0 Å². The maximum Gasteiger partial charge on any atom is 0.225 e. The van der Waals surface area contributed by atoms with Gasteiger partial charge in [-0.3, -0.25) is 4.79 Å². The summed E-state index contributed by atoms with van der Waals surface area (Å²) in [6.45, 7) is 6.56. The van der Waals surface area contributed by atoms with Crippen molar-refractivity contribution in [1.29, 1.82) is 0 Å². The van der Waals surface area contributed by atoms with E-state index in [1.807, 2.05) is 11.1 Å². The molecule has 0 spiro atoms. The van der Waals surface area contributed by atoms with E-state index < -0.39 is 0 Å². The van der Waals surface area contributed by atoms with E-state index >= 15 is 0 Å². The molecule has 0 bridgehead atoms. The Morgan fingerprint density at radius 2 is 2.14 bits per heavy atom. The monoisotopic (exact) mass is 291 g/mol. The molecule has 0 aliphatic carbocycles. The highest BCUT2D eigenvalue weighted by Crippen LogP contribution is 2.32. The molecule has 1 amide bonds. The first kappa shape index (κ1) is 14.6. The number of aromatic amines is 1. The van der Waals surface area contributed by atoms with Gasteiger partial charge < -0.3 is 14.6 Å². The Morgan fingerprint density at radius 1 is 1.38 bits per heavy atom. The molecular weight excluding hydrogens is 266 g/mol. The Bertz CT molecular complexity index is 476. The summed E-state index contributed by atoms with van der Waals surface area (Å²) in [6.07, 6.45) is 7.38. The van der Waals surface area contributed by atoms with E-state index in [0.717, 1.165) is 44.6 Å². The second-order valence-corrected chi connectivity index (χ2v) is 6.87. The van der Waals surface area contributed by atoms with Crippen molar-refractivity contribution in [2.24, 2.45) is 5.92 Å². The summed E-state index contributed by atoms with van der Waals surface area (Å²) >= 11 is 0. The molecule has 3 heterocycles. The van der Waals surface area contributed by atoms with Crippen LogP contribution in [0.15, 0.2) is 12.4 Å². The molecule has 1 N–H and O–H groups in total.